The minimum absolute atomic E-state index is 0.285. The summed E-state index contributed by atoms with van der Waals surface area (Å²) < 4.78 is 0. The second kappa shape index (κ2) is 9.02. The zero-order valence-electron chi connectivity index (χ0n) is 7.89. The fraction of sp³-hybridized carbons (Fsp3) is 0.400. The Bertz CT molecular complexity index is 152. The number of aliphatic hydroxyl groups is 1. The van der Waals surface area contributed by atoms with Gasteiger partial charge in [0.25, 0.3) is 0 Å². The largest absolute Gasteiger partial charge is 0.508 e. The zero-order chi connectivity index (χ0) is 9.28. The molecule has 0 aliphatic heterocycles. The normalized spacial score (nSPS) is 11.6. The van der Waals surface area contributed by atoms with E-state index in [4.69, 9.17) is 5.11 Å². The number of hydrogen-bond acceptors (Lipinski definition) is 1. The van der Waals surface area contributed by atoms with Crippen LogP contribution in [0.2, 0.25) is 0 Å². The van der Waals surface area contributed by atoms with Crippen LogP contribution in [0.15, 0.2) is 36.1 Å². The summed E-state index contributed by atoms with van der Waals surface area (Å²) in [7, 11) is 0. The van der Waals surface area contributed by atoms with Gasteiger partial charge in [-0.25, -0.2) is 0 Å². The van der Waals surface area contributed by atoms with E-state index in [0.29, 0.717) is 0 Å². The molecule has 0 fully saturated rings. The van der Waals surface area contributed by atoms with Crippen molar-refractivity contribution in [1.82, 2.24) is 0 Å². The van der Waals surface area contributed by atoms with Gasteiger partial charge < -0.3 is 5.11 Å². The molecule has 0 aliphatic rings. The number of hydrogen-bond donors (Lipinski definition) is 1. The molecule has 0 unspecified atom stereocenters. The van der Waals surface area contributed by atoms with Crippen molar-refractivity contribution < 1.29 is 5.11 Å². The maximum atomic E-state index is 9.04. The zero-order valence-corrected chi connectivity index (χ0v) is 7.89. The third kappa shape index (κ3) is 6.91. The highest BCUT2D eigenvalue weighted by molar-refractivity contribution is 5.24. The van der Waals surface area contributed by atoms with Gasteiger partial charge in [-0.05, 0) is 25.5 Å². The van der Waals surface area contributed by atoms with E-state index in [1.165, 1.54) is 0 Å². The van der Waals surface area contributed by atoms with E-state index < -0.39 is 0 Å². The second-order valence-electron chi connectivity index (χ2n) is 1.77. The molecule has 0 saturated heterocycles. The summed E-state index contributed by atoms with van der Waals surface area (Å²) in [6.45, 7) is 11.2. The molecule has 0 atom stereocenters. The summed E-state index contributed by atoms with van der Waals surface area (Å²) >= 11 is 0. The van der Waals surface area contributed by atoms with Crippen molar-refractivity contribution in [3.63, 3.8) is 0 Å². The molecular formula is C10H18O. The van der Waals surface area contributed by atoms with Crippen molar-refractivity contribution in [2.45, 2.75) is 27.7 Å². The van der Waals surface area contributed by atoms with Crippen molar-refractivity contribution in [2.75, 3.05) is 0 Å². The second-order valence-corrected chi connectivity index (χ2v) is 1.77. The fourth-order valence-corrected chi connectivity index (χ4v) is 0.394. The molecule has 1 nitrogen and oxygen atoms in total. The first kappa shape index (κ1) is 12.7. The van der Waals surface area contributed by atoms with E-state index >= 15 is 0 Å². The molecule has 0 aliphatic carbocycles. The van der Waals surface area contributed by atoms with Gasteiger partial charge in [0.05, 0.1) is 0 Å². The Morgan fingerprint density at radius 3 is 2.09 bits per heavy atom. The highest BCUT2D eigenvalue weighted by Crippen LogP contribution is 2.01. The summed E-state index contributed by atoms with van der Waals surface area (Å²) in [6.07, 6.45) is 5.04. The van der Waals surface area contributed by atoms with Crippen LogP contribution in [0.1, 0.15) is 27.7 Å². The van der Waals surface area contributed by atoms with Crippen molar-refractivity contribution >= 4 is 0 Å². The molecule has 0 spiro atoms. The Morgan fingerprint density at radius 2 is 1.82 bits per heavy atom. The van der Waals surface area contributed by atoms with Crippen molar-refractivity contribution in [3.05, 3.63) is 36.1 Å². The molecule has 0 bridgehead atoms. The van der Waals surface area contributed by atoms with E-state index in [-0.39, 0.29) is 5.76 Å². The van der Waals surface area contributed by atoms with Crippen LogP contribution < -0.4 is 0 Å². The Kier molecular flexibility index (Phi) is 10.4. The number of aliphatic hydroxyl groups excluding tert-OH is 1. The highest BCUT2D eigenvalue weighted by atomic mass is 16.3. The molecule has 64 valence electrons. The lowest BCUT2D eigenvalue weighted by atomic mass is 10.2. The standard InChI is InChI=1S/C8H12O.C2H6/c1-4-6-8(9)7(3)5-2;1-2/h4-6,9H,2H2,1,3H3;1-2H3/b6-4-,8-7+;. The predicted octanol–water partition coefficient (Wildman–Crippen LogP) is 3.61. The maximum Gasteiger partial charge on any atom is 0.118 e. The third-order valence-corrected chi connectivity index (χ3v) is 1.03. The first-order valence-electron chi connectivity index (χ1n) is 3.87. The van der Waals surface area contributed by atoms with E-state index in [9.17, 15) is 0 Å². The van der Waals surface area contributed by atoms with Crippen molar-refractivity contribution in [1.29, 1.82) is 0 Å². The van der Waals surface area contributed by atoms with Crippen molar-refractivity contribution in [2.24, 2.45) is 0 Å². The highest BCUT2D eigenvalue weighted by Gasteiger charge is 1.87. The minimum atomic E-state index is 0.285. The topological polar surface area (TPSA) is 20.2 Å². The van der Waals surface area contributed by atoms with E-state index in [0.717, 1.165) is 5.57 Å². The molecular weight excluding hydrogens is 136 g/mol. The molecule has 11 heavy (non-hydrogen) atoms. The summed E-state index contributed by atoms with van der Waals surface area (Å²) in [6, 6.07) is 0. The molecule has 1 heteroatoms. The van der Waals surface area contributed by atoms with Crippen LogP contribution in [-0.4, -0.2) is 5.11 Å². The van der Waals surface area contributed by atoms with Gasteiger partial charge in [-0.15, -0.1) is 0 Å². The molecule has 0 amide bonds. The lowest BCUT2D eigenvalue weighted by Gasteiger charge is -1.92. The van der Waals surface area contributed by atoms with Crippen LogP contribution in [-0.2, 0) is 0 Å². The van der Waals surface area contributed by atoms with Crippen LogP contribution in [0.25, 0.3) is 0 Å². The summed E-state index contributed by atoms with van der Waals surface area (Å²) in [4.78, 5) is 0. The molecule has 0 heterocycles. The van der Waals surface area contributed by atoms with Crippen molar-refractivity contribution in [3.8, 4) is 0 Å². The summed E-state index contributed by atoms with van der Waals surface area (Å²) in [5.41, 5.74) is 0.799. The quantitative estimate of drug-likeness (QED) is 0.476. The van der Waals surface area contributed by atoms with E-state index in [1.54, 1.807) is 18.2 Å². The monoisotopic (exact) mass is 154 g/mol. The molecule has 0 aromatic heterocycles. The van der Waals surface area contributed by atoms with Gasteiger partial charge in [-0.1, -0.05) is 32.6 Å². The maximum absolute atomic E-state index is 9.04. The Morgan fingerprint density at radius 1 is 1.36 bits per heavy atom. The van der Waals surface area contributed by atoms with Gasteiger partial charge in [0.2, 0.25) is 0 Å². The van der Waals surface area contributed by atoms with Crippen LogP contribution >= 0.6 is 0 Å². The van der Waals surface area contributed by atoms with Crippen LogP contribution in [0.3, 0.4) is 0 Å². The molecule has 0 radical (unpaired) electrons. The molecule has 1 N–H and O–H groups in total. The van der Waals surface area contributed by atoms with Gasteiger partial charge in [0, 0.05) is 0 Å². The van der Waals surface area contributed by atoms with Gasteiger partial charge in [0.1, 0.15) is 5.76 Å². The SMILES string of the molecule is C=C/C(C)=C(O)\C=C/C.CC. The number of allylic oxidation sites excluding steroid dienone is 4. The lowest BCUT2D eigenvalue weighted by Crippen LogP contribution is -1.77. The first-order valence-corrected chi connectivity index (χ1v) is 3.87. The molecule has 0 rings (SSSR count). The summed E-state index contributed by atoms with van der Waals surface area (Å²) in [5.74, 6) is 0.285. The molecule has 0 aromatic rings. The molecule has 0 saturated carbocycles. The van der Waals surface area contributed by atoms with Crippen LogP contribution in [0.5, 0.6) is 0 Å². The number of rotatable bonds is 2. The van der Waals surface area contributed by atoms with E-state index in [2.05, 4.69) is 6.58 Å². The van der Waals surface area contributed by atoms with E-state index in [1.807, 2.05) is 27.7 Å². The smallest absolute Gasteiger partial charge is 0.118 e. The van der Waals surface area contributed by atoms with Gasteiger partial charge in [-0.2, -0.15) is 0 Å². The molecule has 0 aromatic carbocycles. The first-order chi connectivity index (χ1) is 5.22. The van der Waals surface area contributed by atoms with Crippen LogP contribution in [0, 0.1) is 0 Å². The Hall–Kier alpha value is -0.980. The average Bonchev–Trinajstić information content (AvgIpc) is 2.07. The Labute approximate surface area is 69.8 Å². The third-order valence-electron chi connectivity index (χ3n) is 1.03. The summed E-state index contributed by atoms with van der Waals surface area (Å²) in [5, 5.41) is 9.04. The minimum Gasteiger partial charge on any atom is -0.508 e. The average molecular weight is 154 g/mol. The van der Waals surface area contributed by atoms with Gasteiger partial charge in [-0.3, -0.25) is 0 Å². The lowest BCUT2D eigenvalue weighted by molar-refractivity contribution is 0.427. The van der Waals surface area contributed by atoms with Gasteiger partial charge in [0.15, 0.2) is 0 Å². The fourth-order valence-electron chi connectivity index (χ4n) is 0.394. The van der Waals surface area contributed by atoms with Gasteiger partial charge >= 0.3 is 0 Å². The predicted molar refractivity (Wildman–Crippen MR) is 51.7 cm³/mol. The Balaban J connectivity index is 0. The van der Waals surface area contributed by atoms with Crippen LogP contribution in [0.4, 0.5) is 0 Å².